The molecule has 1 N–H and O–H groups in total. The molecule has 2 aromatic carbocycles. The molecule has 2 amide bonds. The van der Waals surface area contributed by atoms with Gasteiger partial charge in [-0.2, -0.15) is 4.31 Å². The normalized spacial score (nSPS) is 16.7. The van der Waals surface area contributed by atoms with Gasteiger partial charge in [-0.3, -0.25) is 9.59 Å². The summed E-state index contributed by atoms with van der Waals surface area (Å²) in [5, 5.41) is 2.79. The number of amides is 2. The number of ether oxygens (including phenoxy) is 1. The third kappa shape index (κ3) is 4.62. The van der Waals surface area contributed by atoms with Crippen molar-refractivity contribution in [2.24, 2.45) is 0 Å². The van der Waals surface area contributed by atoms with E-state index in [1.54, 1.807) is 30.3 Å². The number of rotatable bonds is 7. The number of carbonyl (C=O) groups is 2. The Balaban J connectivity index is 1.58. The van der Waals surface area contributed by atoms with Gasteiger partial charge in [-0.05, 0) is 50.1 Å². The molecule has 2 heterocycles. The molecule has 0 aliphatic carbocycles. The molecule has 32 heavy (non-hydrogen) atoms. The number of hydrogen-bond acceptors (Lipinski definition) is 6. The van der Waals surface area contributed by atoms with Crippen LogP contribution in [0.1, 0.15) is 19.8 Å². The van der Waals surface area contributed by atoms with E-state index in [4.69, 9.17) is 4.74 Å². The molecular weight excluding hydrogens is 450 g/mol. The first-order chi connectivity index (χ1) is 15.4. The van der Waals surface area contributed by atoms with Crippen molar-refractivity contribution in [3.05, 3.63) is 42.5 Å². The third-order valence-electron chi connectivity index (χ3n) is 5.34. The highest BCUT2D eigenvalue weighted by atomic mass is 32.2. The van der Waals surface area contributed by atoms with E-state index in [0.717, 1.165) is 17.7 Å². The minimum atomic E-state index is -3.63. The predicted octanol–water partition coefficient (Wildman–Crippen LogP) is 2.95. The molecule has 0 spiro atoms. The van der Waals surface area contributed by atoms with E-state index >= 15 is 0 Å². The summed E-state index contributed by atoms with van der Waals surface area (Å²) < 4.78 is 33.0. The highest BCUT2D eigenvalue weighted by Crippen LogP contribution is 2.37. The van der Waals surface area contributed by atoms with Crippen LogP contribution in [-0.4, -0.2) is 56.5 Å². The summed E-state index contributed by atoms with van der Waals surface area (Å²) in [6, 6.07) is 11.9. The Kier molecular flexibility index (Phi) is 6.73. The van der Waals surface area contributed by atoms with Gasteiger partial charge >= 0.3 is 0 Å². The Morgan fingerprint density at radius 3 is 2.66 bits per heavy atom. The Labute approximate surface area is 192 Å². The molecule has 1 saturated heterocycles. The first-order valence-electron chi connectivity index (χ1n) is 10.5. The van der Waals surface area contributed by atoms with E-state index < -0.39 is 15.9 Å². The number of sulfonamides is 1. The summed E-state index contributed by atoms with van der Waals surface area (Å²) in [6.07, 6.45) is 1.68. The summed E-state index contributed by atoms with van der Waals surface area (Å²) in [5.74, 6) is 0.0968. The van der Waals surface area contributed by atoms with Crippen LogP contribution in [0.3, 0.4) is 0 Å². The maximum Gasteiger partial charge on any atom is 0.244 e. The van der Waals surface area contributed by atoms with Crippen LogP contribution >= 0.6 is 11.8 Å². The molecule has 170 valence electrons. The topological polar surface area (TPSA) is 96.0 Å². The van der Waals surface area contributed by atoms with Crippen LogP contribution in [0.5, 0.6) is 5.75 Å². The molecule has 10 heteroatoms. The Morgan fingerprint density at radius 1 is 1.16 bits per heavy atom. The minimum Gasteiger partial charge on any atom is -0.492 e. The van der Waals surface area contributed by atoms with Crippen molar-refractivity contribution in [1.82, 2.24) is 4.31 Å². The standard InChI is InChI=1S/C22H25N3O5S2/c1-2-30-19-8-4-3-7-17(19)23-21(26)14-25-18-13-16(9-10-20(18)31-15-22(25)27)32(28,29)24-11-5-6-12-24/h3-4,7-10,13H,2,5-6,11-12,14-15H2,1H3,(H,23,26). The van der Waals surface area contributed by atoms with Crippen molar-refractivity contribution in [3.8, 4) is 5.75 Å². The van der Waals surface area contributed by atoms with Crippen molar-refractivity contribution in [2.75, 3.05) is 42.2 Å². The molecule has 2 aliphatic rings. The highest BCUT2D eigenvalue weighted by molar-refractivity contribution is 8.00. The number of para-hydroxylation sites is 2. The maximum atomic E-state index is 13.0. The van der Waals surface area contributed by atoms with Crippen LogP contribution in [0.15, 0.2) is 52.3 Å². The summed E-state index contributed by atoms with van der Waals surface area (Å²) in [4.78, 5) is 27.7. The van der Waals surface area contributed by atoms with Gasteiger partial charge in [-0.1, -0.05) is 12.1 Å². The van der Waals surface area contributed by atoms with E-state index in [0.29, 0.717) is 36.8 Å². The van der Waals surface area contributed by atoms with Gasteiger partial charge in [0.15, 0.2) is 0 Å². The fraction of sp³-hybridized carbons (Fsp3) is 0.364. The molecule has 0 aromatic heterocycles. The minimum absolute atomic E-state index is 0.139. The predicted molar refractivity (Wildman–Crippen MR) is 124 cm³/mol. The molecule has 0 radical (unpaired) electrons. The van der Waals surface area contributed by atoms with Crippen LogP contribution in [0, 0.1) is 0 Å². The molecule has 0 unspecified atom stereocenters. The van der Waals surface area contributed by atoms with Gasteiger partial charge in [-0.15, -0.1) is 11.8 Å². The second kappa shape index (κ2) is 9.51. The van der Waals surface area contributed by atoms with Crippen molar-refractivity contribution < 1.29 is 22.7 Å². The fourth-order valence-corrected chi connectivity index (χ4v) is 6.23. The van der Waals surface area contributed by atoms with E-state index in [1.807, 2.05) is 13.0 Å². The number of nitrogens with one attached hydrogen (secondary N) is 1. The first-order valence-corrected chi connectivity index (χ1v) is 12.9. The maximum absolute atomic E-state index is 13.0. The number of hydrogen-bond donors (Lipinski definition) is 1. The van der Waals surface area contributed by atoms with E-state index in [-0.39, 0.29) is 23.1 Å². The van der Waals surface area contributed by atoms with Gasteiger partial charge in [-0.25, -0.2) is 8.42 Å². The Hall–Kier alpha value is -2.56. The van der Waals surface area contributed by atoms with Crippen molar-refractivity contribution >= 4 is 45.0 Å². The van der Waals surface area contributed by atoms with Gasteiger partial charge < -0.3 is 15.0 Å². The monoisotopic (exact) mass is 475 g/mol. The molecule has 2 aliphatic heterocycles. The SMILES string of the molecule is CCOc1ccccc1NC(=O)CN1C(=O)CSc2ccc(S(=O)(=O)N3CCCC3)cc21. The molecule has 1 fully saturated rings. The first kappa shape index (κ1) is 22.6. The smallest absolute Gasteiger partial charge is 0.244 e. The number of nitrogens with zero attached hydrogens (tertiary/aromatic N) is 2. The molecular formula is C22H25N3O5S2. The van der Waals surface area contributed by atoms with Crippen LogP contribution in [0.4, 0.5) is 11.4 Å². The Bertz CT molecular complexity index is 1130. The van der Waals surface area contributed by atoms with Gasteiger partial charge in [0.05, 0.1) is 28.6 Å². The van der Waals surface area contributed by atoms with E-state index in [2.05, 4.69) is 5.32 Å². The second-order valence-electron chi connectivity index (χ2n) is 7.49. The lowest BCUT2D eigenvalue weighted by molar-refractivity contribution is -0.120. The number of carbonyl (C=O) groups excluding carboxylic acids is 2. The molecule has 2 aromatic rings. The number of anilines is 2. The molecule has 4 rings (SSSR count). The molecule has 0 saturated carbocycles. The zero-order chi connectivity index (χ0) is 22.7. The largest absolute Gasteiger partial charge is 0.492 e. The summed E-state index contributed by atoms with van der Waals surface area (Å²) in [7, 11) is -3.63. The average Bonchev–Trinajstić information content (AvgIpc) is 3.33. The van der Waals surface area contributed by atoms with Crippen LogP contribution in [-0.2, 0) is 19.6 Å². The van der Waals surface area contributed by atoms with Crippen molar-refractivity contribution in [1.29, 1.82) is 0 Å². The van der Waals surface area contributed by atoms with E-state index in [1.165, 1.54) is 27.0 Å². The summed E-state index contributed by atoms with van der Waals surface area (Å²) in [5.41, 5.74) is 0.962. The van der Waals surface area contributed by atoms with E-state index in [9.17, 15) is 18.0 Å². The Morgan fingerprint density at radius 2 is 1.91 bits per heavy atom. The molecule has 0 bridgehead atoms. The van der Waals surface area contributed by atoms with Crippen LogP contribution in [0.2, 0.25) is 0 Å². The zero-order valence-corrected chi connectivity index (χ0v) is 19.4. The lowest BCUT2D eigenvalue weighted by Gasteiger charge is -2.29. The lowest BCUT2D eigenvalue weighted by atomic mass is 10.2. The second-order valence-corrected chi connectivity index (χ2v) is 10.4. The third-order valence-corrected chi connectivity index (χ3v) is 8.28. The average molecular weight is 476 g/mol. The number of thioether (sulfide) groups is 1. The summed E-state index contributed by atoms with van der Waals surface area (Å²) in [6.45, 7) is 3.08. The fourth-order valence-electron chi connectivity index (χ4n) is 3.78. The van der Waals surface area contributed by atoms with Gasteiger partial charge in [0.25, 0.3) is 0 Å². The van der Waals surface area contributed by atoms with Crippen molar-refractivity contribution in [2.45, 2.75) is 29.6 Å². The van der Waals surface area contributed by atoms with Crippen LogP contribution < -0.4 is 15.0 Å². The number of benzene rings is 2. The zero-order valence-electron chi connectivity index (χ0n) is 17.7. The van der Waals surface area contributed by atoms with Gasteiger partial charge in [0.2, 0.25) is 21.8 Å². The van der Waals surface area contributed by atoms with Crippen LogP contribution in [0.25, 0.3) is 0 Å². The molecule has 0 atom stereocenters. The van der Waals surface area contributed by atoms with Gasteiger partial charge in [0, 0.05) is 18.0 Å². The number of fused-ring (bicyclic) bond motifs is 1. The highest BCUT2D eigenvalue weighted by Gasteiger charge is 2.31. The quantitative estimate of drug-likeness (QED) is 0.662. The summed E-state index contributed by atoms with van der Waals surface area (Å²) >= 11 is 1.34. The lowest BCUT2D eigenvalue weighted by Crippen LogP contribution is -2.41. The molecule has 8 nitrogen and oxygen atoms in total. The van der Waals surface area contributed by atoms with Crippen molar-refractivity contribution in [3.63, 3.8) is 0 Å². The van der Waals surface area contributed by atoms with Gasteiger partial charge in [0.1, 0.15) is 12.3 Å².